The minimum absolute atomic E-state index is 0.0546. The number of carbonyl (C=O) groups is 2. The largest absolute Gasteiger partial charge is 0.336 e. The molecule has 1 aromatic heterocycles. The number of hydrogen-bond acceptors (Lipinski definition) is 4. The highest BCUT2D eigenvalue weighted by molar-refractivity contribution is 6.05. The fourth-order valence-electron chi connectivity index (χ4n) is 3.02. The van der Waals surface area contributed by atoms with Crippen LogP contribution in [0.2, 0.25) is 0 Å². The van der Waals surface area contributed by atoms with Gasteiger partial charge in [0.15, 0.2) is 0 Å². The van der Waals surface area contributed by atoms with E-state index in [9.17, 15) is 9.59 Å². The number of aromatic nitrogens is 1. The first-order valence-electron chi connectivity index (χ1n) is 8.76. The van der Waals surface area contributed by atoms with Gasteiger partial charge in [0.2, 0.25) is 0 Å². The van der Waals surface area contributed by atoms with Crippen LogP contribution in [0.15, 0.2) is 36.5 Å². The Hall–Kier alpha value is -2.73. The van der Waals surface area contributed by atoms with Crippen LogP contribution in [0.4, 0.5) is 5.69 Å². The van der Waals surface area contributed by atoms with Gasteiger partial charge in [-0.05, 0) is 44.7 Å². The van der Waals surface area contributed by atoms with E-state index >= 15 is 0 Å². The zero-order valence-electron chi connectivity index (χ0n) is 15.5. The summed E-state index contributed by atoms with van der Waals surface area (Å²) in [6, 6.07) is 9.07. The lowest BCUT2D eigenvalue weighted by Crippen LogP contribution is -2.47. The summed E-state index contributed by atoms with van der Waals surface area (Å²) in [7, 11) is 2.05. The summed E-state index contributed by atoms with van der Waals surface area (Å²) in [5, 5.41) is 2.87. The van der Waals surface area contributed by atoms with Gasteiger partial charge in [0, 0.05) is 43.6 Å². The van der Waals surface area contributed by atoms with Gasteiger partial charge in [-0.2, -0.15) is 0 Å². The van der Waals surface area contributed by atoms with Crippen LogP contribution in [-0.2, 0) is 0 Å². The molecule has 1 aromatic carbocycles. The number of amides is 2. The Balaban J connectivity index is 1.74. The molecular weight excluding hydrogens is 328 g/mol. The van der Waals surface area contributed by atoms with Crippen LogP contribution < -0.4 is 5.32 Å². The van der Waals surface area contributed by atoms with E-state index in [-0.39, 0.29) is 17.5 Å². The van der Waals surface area contributed by atoms with Gasteiger partial charge < -0.3 is 15.1 Å². The third kappa shape index (κ3) is 4.08. The molecule has 136 valence electrons. The van der Waals surface area contributed by atoms with Crippen molar-refractivity contribution in [2.45, 2.75) is 13.8 Å². The number of rotatable bonds is 3. The summed E-state index contributed by atoms with van der Waals surface area (Å²) in [4.78, 5) is 33.4. The molecule has 1 aliphatic rings. The van der Waals surface area contributed by atoms with Crippen LogP contribution in [0.5, 0.6) is 0 Å². The number of likely N-dealkylation sites (N-methyl/N-ethyl adjacent to an activating group) is 1. The molecular formula is C20H24N4O2. The van der Waals surface area contributed by atoms with Gasteiger partial charge in [-0.15, -0.1) is 0 Å². The smallest absolute Gasteiger partial charge is 0.274 e. The lowest BCUT2D eigenvalue weighted by atomic mass is 10.1. The maximum atomic E-state index is 12.7. The monoisotopic (exact) mass is 352 g/mol. The van der Waals surface area contributed by atoms with Gasteiger partial charge >= 0.3 is 0 Å². The standard InChI is InChI=1S/C20H24N4O2/c1-14-4-5-17(15(2)12-14)22-19(25)18-13-16(6-7-21-18)20(26)24-10-8-23(3)9-11-24/h4-7,12-13H,8-11H2,1-3H3,(H,22,25). The molecule has 6 heteroatoms. The van der Waals surface area contributed by atoms with E-state index < -0.39 is 0 Å². The number of aryl methyl sites for hydroxylation is 2. The van der Waals surface area contributed by atoms with Gasteiger partial charge in [0.1, 0.15) is 5.69 Å². The van der Waals surface area contributed by atoms with Crippen molar-refractivity contribution in [1.82, 2.24) is 14.8 Å². The second-order valence-corrected chi connectivity index (χ2v) is 6.80. The molecule has 2 heterocycles. The van der Waals surface area contributed by atoms with Crippen molar-refractivity contribution in [2.24, 2.45) is 0 Å². The van der Waals surface area contributed by atoms with Crippen molar-refractivity contribution in [3.8, 4) is 0 Å². The summed E-state index contributed by atoms with van der Waals surface area (Å²) in [6.07, 6.45) is 1.51. The third-order valence-corrected chi connectivity index (χ3v) is 4.66. The van der Waals surface area contributed by atoms with Gasteiger partial charge in [-0.25, -0.2) is 0 Å². The van der Waals surface area contributed by atoms with E-state index in [4.69, 9.17) is 0 Å². The lowest BCUT2D eigenvalue weighted by Gasteiger charge is -2.32. The maximum absolute atomic E-state index is 12.7. The summed E-state index contributed by atoms with van der Waals surface area (Å²) in [5.41, 5.74) is 3.61. The van der Waals surface area contributed by atoms with E-state index in [0.29, 0.717) is 18.7 Å². The molecule has 1 aliphatic heterocycles. The number of hydrogen-bond donors (Lipinski definition) is 1. The molecule has 0 bridgehead atoms. The average Bonchev–Trinajstić information content (AvgIpc) is 2.64. The molecule has 2 amide bonds. The highest BCUT2D eigenvalue weighted by Crippen LogP contribution is 2.17. The van der Waals surface area contributed by atoms with Crippen LogP contribution in [0.1, 0.15) is 32.0 Å². The SMILES string of the molecule is Cc1ccc(NC(=O)c2cc(C(=O)N3CCN(C)CC3)ccn2)c(C)c1. The Morgan fingerprint density at radius 1 is 1.04 bits per heavy atom. The zero-order valence-corrected chi connectivity index (χ0v) is 15.5. The number of carbonyl (C=O) groups excluding carboxylic acids is 2. The fraction of sp³-hybridized carbons (Fsp3) is 0.350. The number of nitrogens with zero attached hydrogens (tertiary/aromatic N) is 3. The van der Waals surface area contributed by atoms with E-state index in [1.165, 1.54) is 6.20 Å². The Kier molecular flexibility index (Phi) is 5.32. The molecule has 1 saturated heterocycles. The van der Waals surface area contributed by atoms with E-state index in [0.717, 1.165) is 29.9 Å². The summed E-state index contributed by atoms with van der Waals surface area (Å²) >= 11 is 0. The molecule has 0 spiro atoms. The summed E-state index contributed by atoms with van der Waals surface area (Å²) < 4.78 is 0. The van der Waals surface area contributed by atoms with Gasteiger partial charge in [0.05, 0.1) is 0 Å². The van der Waals surface area contributed by atoms with Crippen molar-refractivity contribution < 1.29 is 9.59 Å². The summed E-state index contributed by atoms with van der Waals surface area (Å²) in [6.45, 7) is 7.06. The first-order chi connectivity index (χ1) is 12.4. The van der Waals surface area contributed by atoms with Crippen molar-refractivity contribution in [3.63, 3.8) is 0 Å². The lowest BCUT2D eigenvalue weighted by molar-refractivity contribution is 0.0664. The molecule has 0 atom stereocenters. The quantitative estimate of drug-likeness (QED) is 0.921. The van der Waals surface area contributed by atoms with Crippen LogP contribution in [0.3, 0.4) is 0 Å². The molecule has 2 aromatic rings. The van der Waals surface area contributed by atoms with Crippen LogP contribution in [-0.4, -0.2) is 59.8 Å². The second-order valence-electron chi connectivity index (χ2n) is 6.80. The minimum Gasteiger partial charge on any atom is -0.336 e. The molecule has 1 N–H and O–H groups in total. The Morgan fingerprint density at radius 2 is 1.77 bits per heavy atom. The predicted molar refractivity (Wildman–Crippen MR) is 102 cm³/mol. The second kappa shape index (κ2) is 7.66. The van der Waals surface area contributed by atoms with Crippen molar-refractivity contribution in [2.75, 3.05) is 38.5 Å². The van der Waals surface area contributed by atoms with Crippen molar-refractivity contribution in [1.29, 1.82) is 0 Å². The van der Waals surface area contributed by atoms with Crippen LogP contribution in [0.25, 0.3) is 0 Å². The average molecular weight is 352 g/mol. The number of pyridine rings is 1. The first-order valence-corrected chi connectivity index (χ1v) is 8.76. The Labute approximate surface area is 153 Å². The number of nitrogens with one attached hydrogen (secondary N) is 1. The molecule has 26 heavy (non-hydrogen) atoms. The number of benzene rings is 1. The minimum atomic E-state index is -0.315. The fourth-order valence-corrected chi connectivity index (χ4v) is 3.02. The first kappa shape index (κ1) is 18.1. The number of piperazine rings is 1. The molecule has 0 aliphatic carbocycles. The van der Waals surface area contributed by atoms with Crippen molar-refractivity contribution >= 4 is 17.5 Å². The topological polar surface area (TPSA) is 65.5 Å². The van der Waals surface area contributed by atoms with Gasteiger partial charge in [0.25, 0.3) is 11.8 Å². The molecule has 1 fully saturated rings. The normalized spacial score (nSPS) is 15.0. The zero-order chi connectivity index (χ0) is 18.7. The van der Waals surface area contributed by atoms with E-state index in [1.807, 2.05) is 44.0 Å². The molecule has 0 radical (unpaired) electrons. The molecule has 0 unspecified atom stereocenters. The summed E-state index contributed by atoms with van der Waals surface area (Å²) in [5.74, 6) is -0.369. The van der Waals surface area contributed by atoms with Crippen molar-refractivity contribution in [3.05, 3.63) is 58.9 Å². The van der Waals surface area contributed by atoms with E-state index in [1.54, 1.807) is 12.1 Å². The van der Waals surface area contributed by atoms with Gasteiger partial charge in [-0.1, -0.05) is 17.7 Å². The van der Waals surface area contributed by atoms with Crippen LogP contribution in [0, 0.1) is 13.8 Å². The maximum Gasteiger partial charge on any atom is 0.274 e. The number of anilines is 1. The van der Waals surface area contributed by atoms with E-state index in [2.05, 4.69) is 15.2 Å². The third-order valence-electron chi connectivity index (χ3n) is 4.66. The van der Waals surface area contributed by atoms with Crippen LogP contribution >= 0.6 is 0 Å². The molecule has 0 saturated carbocycles. The molecule has 6 nitrogen and oxygen atoms in total. The molecule has 3 rings (SSSR count). The highest BCUT2D eigenvalue weighted by Gasteiger charge is 2.21. The Morgan fingerprint density at radius 3 is 2.46 bits per heavy atom. The highest BCUT2D eigenvalue weighted by atomic mass is 16.2. The van der Waals surface area contributed by atoms with Gasteiger partial charge in [-0.3, -0.25) is 14.6 Å². The Bertz CT molecular complexity index is 826. The predicted octanol–water partition coefficient (Wildman–Crippen LogP) is 2.34.